The molecule has 0 bridgehead atoms. The number of nitrogens with zero attached hydrogens (tertiary/aromatic N) is 4. The van der Waals surface area contributed by atoms with Gasteiger partial charge in [-0.15, -0.1) is 5.10 Å². The minimum absolute atomic E-state index is 0.110. The van der Waals surface area contributed by atoms with Crippen LogP contribution in [0.4, 0.5) is 10.1 Å². The van der Waals surface area contributed by atoms with Crippen molar-refractivity contribution in [1.82, 2.24) is 19.6 Å². The Morgan fingerprint density at radius 1 is 1.22 bits per heavy atom. The smallest absolute Gasteiger partial charge is 0.293 e. The van der Waals surface area contributed by atoms with Crippen molar-refractivity contribution in [2.45, 2.75) is 13.8 Å². The zero-order chi connectivity index (χ0) is 19.1. The number of benzene rings is 1. The highest BCUT2D eigenvalue weighted by molar-refractivity contribution is 6.30. The summed E-state index contributed by atoms with van der Waals surface area (Å²) in [7, 11) is 0. The average Bonchev–Trinajstić information content (AvgIpc) is 3.18. The number of carbonyl (C=O) groups is 1. The van der Waals surface area contributed by atoms with Crippen LogP contribution in [0.15, 0.2) is 40.9 Å². The van der Waals surface area contributed by atoms with Gasteiger partial charge in [0.25, 0.3) is 5.91 Å². The maximum absolute atomic E-state index is 14.3. The largest absolute Gasteiger partial charge is 0.436 e. The number of fused-ring (bicyclic) bond motifs is 1. The van der Waals surface area contributed by atoms with Gasteiger partial charge in [-0.3, -0.25) is 4.79 Å². The molecule has 0 radical (unpaired) electrons. The number of hydrogen-bond donors (Lipinski definition) is 1. The standard InChI is InChI=1S/C18H13ClFN5O2/c1-9-16(27-10(2)21-9)18(26)22-12-4-5-14(20)13(7-12)17-23-15-6-3-11(19)8-25(15)24-17/h3-8H,1-2H3,(H,22,26). The lowest BCUT2D eigenvalue weighted by Gasteiger charge is -2.06. The molecule has 0 saturated heterocycles. The van der Waals surface area contributed by atoms with Gasteiger partial charge in [-0.25, -0.2) is 18.9 Å². The average molecular weight is 386 g/mol. The number of oxazole rings is 1. The number of amides is 1. The summed E-state index contributed by atoms with van der Waals surface area (Å²) in [5.74, 6) is -0.302. The number of carbonyl (C=O) groups excluding carboxylic acids is 1. The van der Waals surface area contributed by atoms with E-state index in [0.29, 0.717) is 27.9 Å². The van der Waals surface area contributed by atoms with E-state index in [4.69, 9.17) is 16.0 Å². The summed E-state index contributed by atoms with van der Waals surface area (Å²) in [5, 5.41) is 7.39. The van der Waals surface area contributed by atoms with Gasteiger partial charge in [0.2, 0.25) is 5.76 Å². The summed E-state index contributed by atoms with van der Waals surface area (Å²) in [6.45, 7) is 3.33. The van der Waals surface area contributed by atoms with Gasteiger partial charge >= 0.3 is 0 Å². The molecule has 0 spiro atoms. The summed E-state index contributed by atoms with van der Waals surface area (Å²) >= 11 is 5.94. The molecule has 3 aromatic heterocycles. The Labute approximate surface area is 157 Å². The lowest BCUT2D eigenvalue weighted by Crippen LogP contribution is -2.12. The van der Waals surface area contributed by atoms with Crippen LogP contribution in [-0.4, -0.2) is 25.5 Å². The monoisotopic (exact) mass is 385 g/mol. The van der Waals surface area contributed by atoms with Crippen LogP contribution < -0.4 is 5.32 Å². The number of anilines is 1. The van der Waals surface area contributed by atoms with Gasteiger partial charge in [-0.1, -0.05) is 11.6 Å². The normalized spacial score (nSPS) is 11.1. The molecule has 0 aliphatic rings. The Morgan fingerprint density at radius 3 is 2.78 bits per heavy atom. The summed E-state index contributed by atoms with van der Waals surface area (Å²) in [6.07, 6.45) is 1.58. The molecular weight excluding hydrogens is 373 g/mol. The fourth-order valence-corrected chi connectivity index (χ4v) is 2.83. The summed E-state index contributed by atoms with van der Waals surface area (Å²) in [4.78, 5) is 20.7. The highest BCUT2D eigenvalue weighted by Gasteiger charge is 2.18. The first-order valence-corrected chi connectivity index (χ1v) is 8.36. The highest BCUT2D eigenvalue weighted by atomic mass is 35.5. The molecule has 136 valence electrons. The molecule has 0 aliphatic carbocycles. The number of halogens is 2. The number of nitrogens with one attached hydrogen (secondary N) is 1. The minimum atomic E-state index is -0.512. The maximum Gasteiger partial charge on any atom is 0.293 e. The summed E-state index contributed by atoms with van der Waals surface area (Å²) in [5.41, 5.74) is 1.53. The molecule has 1 aromatic carbocycles. The summed E-state index contributed by atoms with van der Waals surface area (Å²) < 4.78 is 21.1. The van der Waals surface area contributed by atoms with Crippen molar-refractivity contribution < 1.29 is 13.6 Å². The summed E-state index contributed by atoms with van der Waals surface area (Å²) in [6, 6.07) is 7.49. The Bertz CT molecular complexity index is 1180. The van der Waals surface area contributed by atoms with Crippen molar-refractivity contribution in [2.75, 3.05) is 5.32 Å². The molecule has 0 unspecified atom stereocenters. The Morgan fingerprint density at radius 2 is 2.04 bits per heavy atom. The topological polar surface area (TPSA) is 85.3 Å². The third-order valence-electron chi connectivity index (χ3n) is 3.87. The second-order valence-corrected chi connectivity index (χ2v) is 6.32. The van der Waals surface area contributed by atoms with Gasteiger partial charge < -0.3 is 9.73 Å². The number of aryl methyl sites for hydroxylation is 2. The zero-order valence-corrected chi connectivity index (χ0v) is 15.1. The molecule has 9 heteroatoms. The maximum atomic E-state index is 14.3. The van der Waals surface area contributed by atoms with Crippen LogP contribution in [0.1, 0.15) is 22.1 Å². The van der Waals surface area contributed by atoms with E-state index in [-0.39, 0.29) is 17.1 Å². The molecule has 7 nitrogen and oxygen atoms in total. The third kappa shape index (κ3) is 3.26. The van der Waals surface area contributed by atoms with E-state index >= 15 is 0 Å². The van der Waals surface area contributed by atoms with E-state index < -0.39 is 11.7 Å². The van der Waals surface area contributed by atoms with Crippen molar-refractivity contribution in [1.29, 1.82) is 0 Å². The van der Waals surface area contributed by atoms with Crippen molar-refractivity contribution in [2.24, 2.45) is 0 Å². The van der Waals surface area contributed by atoms with Crippen LogP contribution >= 0.6 is 11.6 Å². The molecule has 1 amide bonds. The first kappa shape index (κ1) is 17.2. The van der Waals surface area contributed by atoms with E-state index in [1.54, 1.807) is 32.2 Å². The van der Waals surface area contributed by atoms with E-state index in [0.717, 1.165) is 0 Å². The van der Waals surface area contributed by atoms with E-state index in [9.17, 15) is 9.18 Å². The number of pyridine rings is 1. The zero-order valence-electron chi connectivity index (χ0n) is 14.3. The van der Waals surface area contributed by atoms with Gasteiger partial charge in [0.15, 0.2) is 17.4 Å². The molecule has 0 aliphatic heterocycles. The molecule has 0 saturated carbocycles. The second kappa shape index (κ2) is 6.48. The molecule has 27 heavy (non-hydrogen) atoms. The minimum Gasteiger partial charge on any atom is -0.436 e. The molecular formula is C18H13ClFN5O2. The predicted molar refractivity (Wildman–Crippen MR) is 97.3 cm³/mol. The number of hydrogen-bond acceptors (Lipinski definition) is 5. The van der Waals surface area contributed by atoms with Gasteiger partial charge in [0.05, 0.1) is 16.3 Å². The lowest BCUT2D eigenvalue weighted by molar-refractivity contribution is 0.0994. The van der Waals surface area contributed by atoms with Crippen molar-refractivity contribution in [3.8, 4) is 11.4 Å². The SMILES string of the molecule is Cc1nc(C)c(C(=O)Nc2ccc(F)c(-c3nc4ccc(Cl)cn4n3)c2)o1. The van der Waals surface area contributed by atoms with Crippen LogP contribution in [0, 0.1) is 19.7 Å². The quantitative estimate of drug-likeness (QED) is 0.575. The Kier molecular flexibility index (Phi) is 4.12. The third-order valence-corrected chi connectivity index (χ3v) is 4.09. The first-order chi connectivity index (χ1) is 12.9. The number of rotatable bonds is 3. The predicted octanol–water partition coefficient (Wildman–Crippen LogP) is 4.05. The van der Waals surface area contributed by atoms with Crippen molar-refractivity contribution in [3.63, 3.8) is 0 Å². The van der Waals surface area contributed by atoms with Gasteiger partial charge in [0, 0.05) is 18.8 Å². The molecule has 4 aromatic rings. The number of aromatic nitrogens is 4. The molecule has 4 rings (SSSR count). The van der Waals surface area contributed by atoms with Crippen LogP contribution in [0.25, 0.3) is 17.0 Å². The van der Waals surface area contributed by atoms with Crippen LogP contribution in [-0.2, 0) is 0 Å². The second-order valence-electron chi connectivity index (χ2n) is 5.88. The van der Waals surface area contributed by atoms with Gasteiger partial charge in [0.1, 0.15) is 5.82 Å². The molecule has 3 heterocycles. The molecule has 0 atom stereocenters. The van der Waals surface area contributed by atoms with E-state index in [1.807, 2.05) is 0 Å². The van der Waals surface area contributed by atoms with E-state index in [1.165, 1.54) is 22.7 Å². The van der Waals surface area contributed by atoms with Crippen molar-refractivity contribution in [3.05, 3.63) is 64.7 Å². The van der Waals surface area contributed by atoms with Crippen LogP contribution in [0.2, 0.25) is 5.02 Å². The first-order valence-electron chi connectivity index (χ1n) is 7.98. The van der Waals surface area contributed by atoms with Gasteiger partial charge in [-0.2, -0.15) is 0 Å². The van der Waals surface area contributed by atoms with E-state index in [2.05, 4.69) is 20.4 Å². The van der Waals surface area contributed by atoms with Crippen molar-refractivity contribution >= 4 is 28.8 Å². The van der Waals surface area contributed by atoms with Crippen LogP contribution in [0.3, 0.4) is 0 Å². The van der Waals surface area contributed by atoms with Crippen LogP contribution in [0.5, 0.6) is 0 Å². The Hall–Kier alpha value is -3.26. The molecule has 0 fully saturated rings. The Balaban J connectivity index is 1.68. The lowest BCUT2D eigenvalue weighted by atomic mass is 10.1. The molecule has 1 N–H and O–H groups in total. The van der Waals surface area contributed by atoms with Gasteiger partial charge in [-0.05, 0) is 37.3 Å². The highest BCUT2D eigenvalue weighted by Crippen LogP contribution is 2.25. The fourth-order valence-electron chi connectivity index (χ4n) is 2.68. The fraction of sp³-hybridized carbons (Fsp3) is 0.111.